The predicted octanol–water partition coefficient (Wildman–Crippen LogP) is 1.72. The first-order chi connectivity index (χ1) is 7.24. The van der Waals surface area contributed by atoms with Crippen molar-refractivity contribution >= 4 is 0 Å². The molecule has 1 aromatic rings. The Morgan fingerprint density at radius 2 is 2.20 bits per heavy atom. The van der Waals surface area contributed by atoms with Crippen LogP contribution in [-0.4, -0.2) is 22.5 Å². The van der Waals surface area contributed by atoms with E-state index in [0.717, 1.165) is 18.7 Å². The summed E-state index contributed by atoms with van der Waals surface area (Å²) in [7, 11) is 0. The van der Waals surface area contributed by atoms with Gasteiger partial charge in [0.25, 0.3) is 0 Å². The van der Waals surface area contributed by atoms with Crippen LogP contribution >= 0.6 is 0 Å². The van der Waals surface area contributed by atoms with Crippen molar-refractivity contribution in [1.82, 2.24) is 9.78 Å². The molecule has 0 radical (unpaired) electrons. The average Bonchev–Trinajstić information content (AvgIpc) is 2.72. The van der Waals surface area contributed by atoms with E-state index in [1.54, 1.807) is 6.20 Å². The van der Waals surface area contributed by atoms with Crippen molar-refractivity contribution < 1.29 is 4.74 Å². The molecule has 4 nitrogen and oxygen atoms in total. The van der Waals surface area contributed by atoms with Gasteiger partial charge in [0.05, 0.1) is 17.8 Å². The maximum atomic E-state index is 6.17. The zero-order chi connectivity index (χ0) is 11.3. The SMILES string of the molecule is CCOC(CC)C(N)c1ccnn1CC. The molecule has 0 spiro atoms. The monoisotopic (exact) mass is 211 g/mol. The maximum absolute atomic E-state index is 6.17. The lowest BCUT2D eigenvalue weighted by Crippen LogP contribution is -2.30. The number of hydrogen-bond donors (Lipinski definition) is 1. The molecule has 2 unspecified atom stereocenters. The fraction of sp³-hybridized carbons (Fsp3) is 0.727. The zero-order valence-corrected chi connectivity index (χ0v) is 9.81. The van der Waals surface area contributed by atoms with Crippen molar-refractivity contribution in [2.24, 2.45) is 5.73 Å². The number of nitrogens with zero attached hydrogens (tertiary/aromatic N) is 2. The molecule has 4 heteroatoms. The van der Waals surface area contributed by atoms with Crippen LogP contribution in [0.3, 0.4) is 0 Å². The first-order valence-corrected chi connectivity index (χ1v) is 5.63. The van der Waals surface area contributed by atoms with E-state index < -0.39 is 0 Å². The molecule has 0 saturated carbocycles. The van der Waals surface area contributed by atoms with Crippen LogP contribution in [0.4, 0.5) is 0 Å². The number of ether oxygens (including phenoxy) is 1. The van der Waals surface area contributed by atoms with Crippen LogP contribution in [0.5, 0.6) is 0 Å². The molecule has 0 aliphatic carbocycles. The second kappa shape index (κ2) is 5.88. The van der Waals surface area contributed by atoms with E-state index >= 15 is 0 Å². The van der Waals surface area contributed by atoms with Gasteiger partial charge in [-0.25, -0.2) is 0 Å². The van der Waals surface area contributed by atoms with Crippen molar-refractivity contribution in [1.29, 1.82) is 0 Å². The summed E-state index contributed by atoms with van der Waals surface area (Å²) in [4.78, 5) is 0. The van der Waals surface area contributed by atoms with Crippen molar-refractivity contribution in [3.63, 3.8) is 0 Å². The summed E-state index contributed by atoms with van der Waals surface area (Å²) in [6.07, 6.45) is 2.79. The summed E-state index contributed by atoms with van der Waals surface area (Å²) < 4.78 is 7.53. The Bertz CT molecular complexity index is 285. The molecule has 0 aliphatic rings. The van der Waals surface area contributed by atoms with E-state index in [-0.39, 0.29) is 12.1 Å². The highest BCUT2D eigenvalue weighted by atomic mass is 16.5. The second-order valence-electron chi connectivity index (χ2n) is 3.50. The third kappa shape index (κ3) is 2.79. The van der Waals surface area contributed by atoms with Crippen LogP contribution in [-0.2, 0) is 11.3 Å². The van der Waals surface area contributed by atoms with E-state index in [2.05, 4.69) is 18.9 Å². The summed E-state index contributed by atoms with van der Waals surface area (Å²) in [5.74, 6) is 0. The van der Waals surface area contributed by atoms with Gasteiger partial charge in [0, 0.05) is 19.3 Å². The van der Waals surface area contributed by atoms with Gasteiger partial charge >= 0.3 is 0 Å². The molecule has 0 aromatic carbocycles. The highest BCUT2D eigenvalue weighted by molar-refractivity contribution is 5.08. The molecule has 0 saturated heterocycles. The number of nitrogens with two attached hydrogens (primary N) is 1. The normalized spacial score (nSPS) is 15.2. The molecule has 0 aliphatic heterocycles. The number of rotatable bonds is 6. The minimum atomic E-state index is -0.0857. The van der Waals surface area contributed by atoms with Crippen molar-refractivity contribution in [3.8, 4) is 0 Å². The highest BCUT2D eigenvalue weighted by Gasteiger charge is 2.20. The molecular formula is C11H21N3O. The topological polar surface area (TPSA) is 53.1 Å². The Balaban J connectivity index is 2.77. The Morgan fingerprint density at radius 1 is 1.47 bits per heavy atom. The van der Waals surface area contributed by atoms with E-state index in [9.17, 15) is 0 Å². The summed E-state index contributed by atoms with van der Waals surface area (Å²) in [6.45, 7) is 7.69. The van der Waals surface area contributed by atoms with Crippen LogP contribution in [0.15, 0.2) is 12.3 Å². The molecule has 1 aromatic heterocycles. The Morgan fingerprint density at radius 3 is 2.73 bits per heavy atom. The van der Waals surface area contributed by atoms with E-state index in [4.69, 9.17) is 10.5 Å². The lowest BCUT2D eigenvalue weighted by molar-refractivity contribution is 0.0393. The minimum Gasteiger partial charge on any atom is -0.376 e. The number of aryl methyl sites for hydroxylation is 1. The van der Waals surface area contributed by atoms with Crippen LogP contribution < -0.4 is 5.73 Å². The molecule has 0 fully saturated rings. The minimum absolute atomic E-state index is 0.0806. The van der Waals surface area contributed by atoms with Crippen LogP contribution in [0, 0.1) is 0 Å². The number of hydrogen-bond acceptors (Lipinski definition) is 3. The van der Waals surface area contributed by atoms with Crippen LogP contribution in [0.1, 0.15) is 38.9 Å². The largest absolute Gasteiger partial charge is 0.376 e. The fourth-order valence-electron chi connectivity index (χ4n) is 1.77. The van der Waals surface area contributed by atoms with Gasteiger partial charge in [-0.15, -0.1) is 0 Å². The molecule has 0 amide bonds. The Kier molecular flexibility index (Phi) is 4.78. The molecule has 1 rings (SSSR count). The zero-order valence-electron chi connectivity index (χ0n) is 9.81. The molecule has 15 heavy (non-hydrogen) atoms. The molecule has 2 atom stereocenters. The average molecular weight is 211 g/mol. The van der Waals surface area contributed by atoms with Gasteiger partial charge in [-0.1, -0.05) is 6.92 Å². The molecular weight excluding hydrogens is 190 g/mol. The van der Waals surface area contributed by atoms with Gasteiger partial charge in [0.15, 0.2) is 0 Å². The van der Waals surface area contributed by atoms with Crippen molar-refractivity contribution in [2.45, 2.75) is 45.9 Å². The van der Waals surface area contributed by atoms with E-state index in [0.29, 0.717) is 6.61 Å². The van der Waals surface area contributed by atoms with Crippen LogP contribution in [0.2, 0.25) is 0 Å². The predicted molar refractivity (Wildman–Crippen MR) is 60.5 cm³/mol. The van der Waals surface area contributed by atoms with Gasteiger partial charge in [-0.3, -0.25) is 4.68 Å². The lowest BCUT2D eigenvalue weighted by Gasteiger charge is -2.23. The summed E-state index contributed by atoms with van der Waals surface area (Å²) in [5, 5.41) is 4.21. The standard InChI is InChI=1S/C11H21N3O/c1-4-10(15-6-3)11(12)9-7-8-13-14(9)5-2/h7-8,10-11H,4-6,12H2,1-3H3. The van der Waals surface area contributed by atoms with Gasteiger partial charge in [0.2, 0.25) is 0 Å². The fourth-order valence-corrected chi connectivity index (χ4v) is 1.77. The number of aromatic nitrogens is 2. The third-order valence-electron chi connectivity index (χ3n) is 2.57. The van der Waals surface area contributed by atoms with Gasteiger partial charge in [0.1, 0.15) is 0 Å². The van der Waals surface area contributed by atoms with Crippen molar-refractivity contribution in [3.05, 3.63) is 18.0 Å². The molecule has 86 valence electrons. The first kappa shape index (κ1) is 12.2. The third-order valence-corrected chi connectivity index (χ3v) is 2.57. The van der Waals surface area contributed by atoms with Gasteiger partial charge in [-0.2, -0.15) is 5.10 Å². The van der Waals surface area contributed by atoms with Gasteiger partial charge in [-0.05, 0) is 26.3 Å². The lowest BCUT2D eigenvalue weighted by atomic mass is 10.1. The molecule has 0 bridgehead atoms. The highest BCUT2D eigenvalue weighted by Crippen LogP contribution is 2.18. The second-order valence-corrected chi connectivity index (χ2v) is 3.50. The van der Waals surface area contributed by atoms with Crippen molar-refractivity contribution in [2.75, 3.05) is 6.61 Å². The summed E-state index contributed by atoms with van der Waals surface area (Å²) in [6, 6.07) is 1.88. The Labute approximate surface area is 91.4 Å². The van der Waals surface area contributed by atoms with E-state index in [1.165, 1.54) is 0 Å². The quantitative estimate of drug-likeness (QED) is 0.779. The Hall–Kier alpha value is -0.870. The first-order valence-electron chi connectivity index (χ1n) is 5.63. The van der Waals surface area contributed by atoms with E-state index in [1.807, 2.05) is 17.7 Å². The summed E-state index contributed by atoms with van der Waals surface area (Å²) >= 11 is 0. The summed E-state index contributed by atoms with van der Waals surface area (Å²) in [5.41, 5.74) is 7.22. The smallest absolute Gasteiger partial charge is 0.0780 e. The molecule has 2 N–H and O–H groups in total. The van der Waals surface area contributed by atoms with Gasteiger partial charge < -0.3 is 10.5 Å². The maximum Gasteiger partial charge on any atom is 0.0780 e. The molecule has 1 heterocycles. The van der Waals surface area contributed by atoms with Crippen LogP contribution in [0.25, 0.3) is 0 Å².